The highest BCUT2D eigenvalue weighted by Gasteiger charge is 2.28. The van der Waals surface area contributed by atoms with E-state index < -0.39 is 12.8 Å². The highest BCUT2D eigenvalue weighted by Crippen LogP contribution is 2.22. The van der Waals surface area contributed by atoms with E-state index in [0.717, 1.165) is 5.56 Å². The largest absolute Gasteiger partial charge is 0.483 e. The number of hydrogen-bond donors (Lipinski definition) is 0. The number of carbonyl (C=O) groups excluding carboxylic acids is 1. The SMILES string of the molecule is C[C@@H](CC(=O)Cc1ccccc1)c1ccc(OCC(F)(F)F)cn1. The Morgan fingerprint density at radius 1 is 1.17 bits per heavy atom. The summed E-state index contributed by atoms with van der Waals surface area (Å²) in [6.45, 7) is 0.514. The van der Waals surface area contributed by atoms with Crippen molar-refractivity contribution in [2.75, 3.05) is 6.61 Å². The number of aromatic nitrogens is 1. The Morgan fingerprint density at radius 3 is 2.46 bits per heavy atom. The molecule has 1 aromatic heterocycles. The molecule has 0 saturated heterocycles. The normalized spacial score (nSPS) is 12.7. The summed E-state index contributed by atoms with van der Waals surface area (Å²) < 4.78 is 40.9. The second-order valence-electron chi connectivity index (χ2n) is 5.63. The van der Waals surface area contributed by atoms with Crippen molar-refractivity contribution in [2.45, 2.75) is 31.9 Å². The van der Waals surface area contributed by atoms with Crippen molar-refractivity contribution in [2.24, 2.45) is 0 Å². The zero-order chi connectivity index (χ0) is 17.6. The lowest BCUT2D eigenvalue weighted by Gasteiger charge is -2.12. The fourth-order valence-electron chi connectivity index (χ4n) is 2.28. The molecule has 1 atom stereocenters. The molecule has 0 unspecified atom stereocenters. The number of benzene rings is 1. The molecule has 0 fully saturated rings. The van der Waals surface area contributed by atoms with Crippen molar-refractivity contribution in [3.8, 4) is 5.75 Å². The van der Waals surface area contributed by atoms with Crippen molar-refractivity contribution in [1.29, 1.82) is 0 Å². The molecule has 128 valence electrons. The van der Waals surface area contributed by atoms with Crippen LogP contribution in [0, 0.1) is 0 Å². The third-order valence-electron chi connectivity index (χ3n) is 3.44. The van der Waals surface area contributed by atoms with E-state index in [4.69, 9.17) is 0 Å². The van der Waals surface area contributed by atoms with E-state index in [9.17, 15) is 18.0 Å². The standard InChI is InChI=1S/C18H18F3NO2/c1-13(9-15(23)10-14-5-3-2-4-6-14)17-8-7-16(11-22-17)24-12-18(19,20)21/h2-8,11,13H,9-10,12H2,1H3/t13-/m0/s1. The van der Waals surface area contributed by atoms with Crippen molar-refractivity contribution < 1.29 is 22.7 Å². The lowest BCUT2D eigenvalue weighted by Crippen LogP contribution is -2.19. The first-order valence-corrected chi connectivity index (χ1v) is 7.54. The number of ether oxygens (including phenoxy) is 1. The molecule has 1 heterocycles. The molecule has 2 rings (SSSR count). The highest BCUT2D eigenvalue weighted by atomic mass is 19.4. The number of Topliss-reactive ketones (excluding diaryl/α,β-unsaturated/α-hetero) is 1. The number of alkyl halides is 3. The Morgan fingerprint density at radius 2 is 1.88 bits per heavy atom. The minimum absolute atomic E-state index is 0.0545. The predicted octanol–water partition coefficient (Wildman–Crippen LogP) is 4.33. The van der Waals surface area contributed by atoms with Crippen molar-refractivity contribution in [1.82, 2.24) is 4.98 Å². The van der Waals surface area contributed by atoms with Crippen molar-refractivity contribution in [3.63, 3.8) is 0 Å². The first-order valence-electron chi connectivity index (χ1n) is 7.54. The molecule has 2 aromatic rings. The molecule has 0 amide bonds. The third-order valence-corrected chi connectivity index (χ3v) is 3.44. The maximum absolute atomic E-state index is 12.1. The van der Waals surface area contributed by atoms with Crippen LogP contribution in [0.2, 0.25) is 0 Å². The van der Waals surface area contributed by atoms with Gasteiger partial charge in [-0.15, -0.1) is 0 Å². The summed E-state index contributed by atoms with van der Waals surface area (Å²) in [6.07, 6.45) is -2.45. The van der Waals surface area contributed by atoms with Crippen LogP contribution >= 0.6 is 0 Å². The number of pyridine rings is 1. The molecule has 0 N–H and O–H groups in total. The quantitative estimate of drug-likeness (QED) is 0.755. The molecule has 6 heteroatoms. The summed E-state index contributed by atoms with van der Waals surface area (Å²) in [7, 11) is 0. The zero-order valence-corrected chi connectivity index (χ0v) is 13.2. The van der Waals surface area contributed by atoms with Gasteiger partial charge in [0.15, 0.2) is 6.61 Å². The van der Waals surface area contributed by atoms with Crippen LogP contribution in [0.25, 0.3) is 0 Å². The highest BCUT2D eigenvalue weighted by molar-refractivity contribution is 5.81. The summed E-state index contributed by atoms with van der Waals surface area (Å²) in [5.41, 5.74) is 1.61. The maximum atomic E-state index is 12.1. The fraction of sp³-hybridized carbons (Fsp3) is 0.333. The summed E-state index contributed by atoms with van der Waals surface area (Å²) in [6, 6.07) is 12.5. The van der Waals surface area contributed by atoms with E-state index >= 15 is 0 Å². The van der Waals surface area contributed by atoms with Crippen LogP contribution in [-0.4, -0.2) is 23.6 Å². The van der Waals surface area contributed by atoms with E-state index in [1.165, 1.54) is 12.3 Å². The molecule has 3 nitrogen and oxygen atoms in total. The maximum Gasteiger partial charge on any atom is 0.422 e. The smallest absolute Gasteiger partial charge is 0.422 e. The van der Waals surface area contributed by atoms with Gasteiger partial charge >= 0.3 is 6.18 Å². The Labute approximate surface area is 138 Å². The van der Waals surface area contributed by atoms with E-state index in [1.54, 1.807) is 6.07 Å². The van der Waals surface area contributed by atoms with Crippen LogP contribution in [0.4, 0.5) is 13.2 Å². The van der Waals surface area contributed by atoms with E-state index in [1.807, 2.05) is 37.3 Å². The summed E-state index contributed by atoms with van der Waals surface area (Å²) in [5, 5.41) is 0. The number of carbonyl (C=O) groups is 1. The van der Waals surface area contributed by atoms with E-state index in [0.29, 0.717) is 18.5 Å². The summed E-state index contributed by atoms with van der Waals surface area (Å²) in [4.78, 5) is 16.2. The van der Waals surface area contributed by atoms with Crippen LogP contribution in [-0.2, 0) is 11.2 Å². The molecule has 0 spiro atoms. The van der Waals surface area contributed by atoms with E-state index in [2.05, 4.69) is 9.72 Å². The second kappa shape index (κ2) is 7.95. The molecule has 0 aliphatic carbocycles. The first-order chi connectivity index (χ1) is 11.3. The van der Waals surface area contributed by atoms with E-state index in [-0.39, 0.29) is 17.5 Å². The van der Waals surface area contributed by atoms with Gasteiger partial charge in [-0.2, -0.15) is 13.2 Å². The molecule has 0 aliphatic rings. The Kier molecular flexibility index (Phi) is 5.95. The molecule has 0 radical (unpaired) electrons. The minimum Gasteiger partial charge on any atom is -0.483 e. The summed E-state index contributed by atoms with van der Waals surface area (Å²) >= 11 is 0. The van der Waals surface area contributed by atoms with Crippen LogP contribution in [0.1, 0.15) is 30.5 Å². The van der Waals surface area contributed by atoms with Crippen LogP contribution in [0.5, 0.6) is 5.75 Å². The van der Waals surface area contributed by atoms with Gasteiger partial charge < -0.3 is 4.74 Å². The number of rotatable bonds is 7. The molecule has 0 bridgehead atoms. The van der Waals surface area contributed by atoms with Crippen LogP contribution in [0.15, 0.2) is 48.7 Å². The van der Waals surface area contributed by atoms with Gasteiger partial charge in [0.2, 0.25) is 0 Å². The molecule has 24 heavy (non-hydrogen) atoms. The van der Waals surface area contributed by atoms with Crippen molar-refractivity contribution >= 4 is 5.78 Å². The van der Waals surface area contributed by atoms with Crippen LogP contribution < -0.4 is 4.74 Å². The number of hydrogen-bond acceptors (Lipinski definition) is 3. The van der Waals surface area contributed by atoms with Gasteiger partial charge in [0, 0.05) is 24.5 Å². The second-order valence-corrected chi connectivity index (χ2v) is 5.63. The number of nitrogens with zero attached hydrogens (tertiary/aromatic N) is 1. The van der Waals surface area contributed by atoms with Gasteiger partial charge in [-0.3, -0.25) is 9.78 Å². The monoisotopic (exact) mass is 337 g/mol. The Hall–Kier alpha value is -2.37. The van der Waals surface area contributed by atoms with Gasteiger partial charge in [0.1, 0.15) is 11.5 Å². The topological polar surface area (TPSA) is 39.2 Å². The van der Waals surface area contributed by atoms with Gasteiger partial charge in [0.05, 0.1) is 6.20 Å². The fourth-order valence-corrected chi connectivity index (χ4v) is 2.28. The zero-order valence-electron chi connectivity index (χ0n) is 13.2. The van der Waals surface area contributed by atoms with Crippen LogP contribution in [0.3, 0.4) is 0 Å². The van der Waals surface area contributed by atoms with Gasteiger partial charge in [-0.05, 0) is 17.7 Å². The lowest BCUT2D eigenvalue weighted by atomic mass is 9.97. The molecular weight excluding hydrogens is 319 g/mol. The molecular formula is C18H18F3NO2. The molecule has 0 saturated carbocycles. The number of halogens is 3. The van der Waals surface area contributed by atoms with Gasteiger partial charge in [-0.25, -0.2) is 0 Å². The lowest BCUT2D eigenvalue weighted by molar-refractivity contribution is -0.153. The minimum atomic E-state index is -4.38. The van der Waals surface area contributed by atoms with Crippen molar-refractivity contribution in [3.05, 3.63) is 59.9 Å². The van der Waals surface area contributed by atoms with Gasteiger partial charge in [0.25, 0.3) is 0 Å². The number of ketones is 1. The summed E-state index contributed by atoms with van der Waals surface area (Å²) in [5.74, 6) is 0.0321. The Balaban J connectivity index is 1.88. The average Bonchev–Trinajstić information content (AvgIpc) is 2.53. The van der Waals surface area contributed by atoms with Gasteiger partial charge in [-0.1, -0.05) is 37.3 Å². The third kappa shape index (κ3) is 6.02. The Bertz CT molecular complexity index is 654. The molecule has 1 aromatic carbocycles. The predicted molar refractivity (Wildman–Crippen MR) is 84.0 cm³/mol. The average molecular weight is 337 g/mol. The molecule has 0 aliphatic heterocycles. The first kappa shape index (κ1) is 18.0.